The van der Waals surface area contributed by atoms with Crippen LogP contribution in [0.2, 0.25) is 0 Å². The van der Waals surface area contributed by atoms with Crippen LogP contribution < -0.4 is 0 Å². The van der Waals surface area contributed by atoms with Crippen molar-refractivity contribution in [2.45, 2.75) is 13.5 Å². The predicted octanol–water partition coefficient (Wildman–Crippen LogP) is 2.31. The van der Waals surface area contributed by atoms with Crippen molar-refractivity contribution in [3.8, 4) is 0 Å². The Balaban J connectivity index is 2.48. The van der Waals surface area contributed by atoms with Gasteiger partial charge in [0.2, 0.25) is 0 Å². The summed E-state index contributed by atoms with van der Waals surface area (Å²) in [6.45, 7) is 2.22. The number of benzene rings is 1. The summed E-state index contributed by atoms with van der Waals surface area (Å²) in [6, 6.07) is 9.74. The Labute approximate surface area is 77.8 Å². The predicted molar refractivity (Wildman–Crippen MR) is 51.1 cm³/mol. The highest BCUT2D eigenvalue weighted by molar-refractivity contribution is 5.69. The number of hydrogen-bond donors (Lipinski definition) is 0. The van der Waals surface area contributed by atoms with Crippen LogP contribution in [0.3, 0.4) is 0 Å². The van der Waals surface area contributed by atoms with Crippen LogP contribution in [0, 0.1) is 0 Å². The lowest BCUT2D eigenvalue weighted by Crippen LogP contribution is -1.93. The van der Waals surface area contributed by atoms with Gasteiger partial charge in [0, 0.05) is 0 Å². The van der Waals surface area contributed by atoms with Gasteiger partial charge in [0.25, 0.3) is 0 Å². The van der Waals surface area contributed by atoms with Crippen molar-refractivity contribution in [3.63, 3.8) is 0 Å². The van der Waals surface area contributed by atoms with Crippen LogP contribution in [0.25, 0.3) is 0 Å². The molecule has 1 aromatic rings. The number of carbonyl (C=O) groups is 1. The first kappa shape index (κ1) is 9.52. The standard InChI is InChI=1S/C11H12O2/c1-2-11(8-12)13-9-10-6-4-3-5-7-10/h2-8H,9H2,1H3/b11-2+. The molecule has 0 saturated heterocycles. The summed E-state index contributed by atoms with van der Waals surface area (Å²) in [5.41, 5.74) is 1.06. The second kappa shape index (κ2) is 5.14. The van der Waals surface area contributed by atoms with Gasteiger partial charge in [-0.3, -0.25) is 4.79 Å². The lowest BCUT2D eigenvalue weighted by atomic mass is 10.2. The Morgan fingerprint density at radius 1 is 1.38 bits per heavy atom. The van der Waals surface area contributed by atoms with Crippen molar-refractivity contribution in [2.24, 2.45) is 0 Å². The Kier molecular flexibility index (Phi) is 3.76. The molecule has 0 N–H and O–H groups in total. The van der Waals surface area contributed by atoms with Gasteiger partial charge in [-0.2, -0.15) is 0 Å². The van der Waals surface area contributed by atoms with Gasteiger partial charge in [0.15, 0.2) is 12.0 Å². The number of hydrogen-bond acceptors (Lipinski definition) is 2. The molecule has 0 aliphatic heterocycles. The van der Waals surface area contributed by atoms with Crippen LogP contribution >= 0.6 is 0 Å². The molecule has 0 saturated carbocycles. The quantitative estimate of drug-likeness (QED) is 0.399. The normalized spacial score (nSPS) is 11.0. The minimum Gasteiger partial charge on any atom is -0.486 e. The molecule has 1 rings (SSSR count). The van der Waals surface area contributed by atoms with Gasteiger partial charge in [0.1, 0.15) is 6.61 Å². The number of allylic oxidation sites excluding steroid dienone is 2. The number of ether oxygens (including phenoxy) is 1. The van der Waals surface area contributed by atoms with E-state index in [4.69, 9.17) is 4.74 Å². The van der Waals surface area contributed by atoms with Crippen LogP contribution in [-0.2, 0) is 16.1 Å². The highest BCUT2D eigenvalue weighted by Crippen LogP contribution is 2.03. The van der Waals surface area contributed by atoms with Crippen molar-refractivity contribution < 1.29 is 9.53 Å². The molecule has 0 aliphatic rings. The molecule has 0 unspecified atom stereocenters. The Bertz CT molecular complexity index is 288. The molecule has 0 spiro atoms. The molecule has 13 heavy (non-hydrogen) atoms. The van der Waals surface area contributed by atoms with E-state index in [-0.39, 0.29) is 0 Å². The minimum atomic E-state index is 0.379. The third-order valence-electron chi connectivity index (χ3n) is 1.65. The second-order valence-electron chi connectivity index (χ2n) is 2.58. The first-order chi connectivity index (χ1) is 6.36. The van der Waals surface area contributed by atoms with E-state index in [9.17, 15) is 4.79 Å². The third-order valence-corrected chi connectivity index (χ3v) is 1.65. The maximum atomic E-state index is 10.4. The molecule has 68 valence electrons. The first-order valence-corrected chi connectivity index (χ1v) is 4.15. The summed E-state index contributed by atoms with van der Waals surface area (Å²) in [5.74, 6) is 0.379. The van der Waals surface area contributed by atoms with E-state index >= 15 is 0 Å². The molecule has 0 heterocycles. The second-order valence-corrected chi connectivity index (χ2v) is 2.58. The largest absolute Gasteiger partial charge is 0.486 e. The zero-order chi connectivity index (χ0) is 9.52. The summed E-state index contributed by atoms with van der Waals surface area (Å²) in [6.07, 6.45) is 2.36. The Morgan fingerprint density at radius 2 is 2.08 bits per heavy atom. The van der Waals surface area contributed by atoms with Crippen molar-refractivity contribution in [1.82, 2.24) is 0 Å². The fraction of sp³-hybridized carbons (Fsp3) is 0.182. The maximum absolute atomic E-state index is 10.4. The van der Waals surface area contributed by atoms with Crippen molar-refractivity contribution >= 4 is 6.29 Å². The molecule has 2 heteroatoms. The monoisotopic (exact) mass is 176 g/mol. The van der Waals surface area contributed by atoms with Crippen LogP contribution in [0.1, 0.15) is 12.5 Å². The molecule has 0 radical (unpaired) electrons. The van der Waals surface area contributed by atoms with E-state index in [1.807, 2.05) is 30.3 Å². The van der Waals surface area contributed by atoms with Gasteiger partial charge in [-0.05, 0) is 18.6 Å². The highest BCUT2D eigenvalue weighted by Gasteiger charge is 1.94. The van der Waals surface area contributed by atoms with Gasteiger partial charge in [-0.15, -0.1) is 0 Å². The zero-order valence-electron chi connectivity index (χ0n) is 7.57. The van der Waals surface area contributed by atoms with Crippen molar-refractivity contribution in [1.29, 1.82) is 0 Å². The van der Waals surface area contributed by atoms with Gasteiger partial charge in [0.05, 0.1) is 0 Å². The Morgan fingerprint density at radius 3 is 2.62 bits per heavy atom. The number of aldehydes is 1. The Hall–Kier alpha value is -1.57. The molecular weight excluding hydrogens is 164 g/mol. The van der Waals surface area contributed by atoms with E-state index in [0.717, 1.165) is 5.56 Å². The number of rotatable bonds is 4. The van der Waals surface area contributed by atoms with Crippen LogP contribution in [0.5, 0.6) is 0 Å². The van der Waals surface area contributed by atoms with Gasteiger partial charge in [-0.1, -0.05) is 30.3 Å². The molecule has 0 fully saturated rings. The van der Waals surface area contributed by atoms with Crippen LogP contribution in [0.4, 0.5) is 0 Å². The average molecular weight is 176 g/mol. The van der Waals surface area contributed by atoms with Crippen LogP contribution in [-0.4, -0.2) is 6.29 Å². The average Bonchev–Trinajstić information content (AvgIpc) is 2.21. The van der Waals surface area contributed by atoms with E-state index in [0.29, 0.717) is 18.7 Å². The van der Waals surface area contributed by atoms with E-state index in [2.05, 4.69) is 0 Å². The van der Waals surface area contributed by atoms with E-state index in [1.54, 1.807) is 13.0 Å². The maximum Gasteiger partial charge on any atom is 0.184 e. The van der Waals surface area contributed by atoms with Crippen molar-refractivity contribution in [3.05, 3.63) is 47.7 Å². The topological polar surface area (TPSA) is 26.3 Å². The first-order valence-electron chi connectivity index (χ1n) is 4.15. The van der Waals surface area contributed by atoms with Crippen molar-refractivity contribution in [2.75, 3.05) is 0 Å². The molecule has 2 nitrogen and oxygen atoms in total. The molecule has 1 aromatic carbocycles. The smallest absolute Gasteiger partial charge is 0.184 e. The lowest BCUT2D eigenvalue weighted by Gasteiger charge is -2.03. The fourth-order valence-corrected chi connectivity index (χ4v) is 0.926. The molecule has 0 amide bonds. The lowest BCUT2D eigenvalue weighted by molar-refractivity contribution is -0.108. The molecule has 0 atom stereocenters. The fourth-order valence-electron chi connectivity index (χ4n) is 0.926. The van der Waals surface area contributed by atoms with Gasteiger partial charge >= 0.3 is 0 Å². The number of carbonyl (C=O) groups excluding carboxylic acids is 1. The molecule has 0 bridgehead atoms. The summed E-state index contributed by atoms with van der Waals surface area (Å²) in [5, 5.41) is 0. The van der Waals surface area contributed by atoms with E-state index in [1.165, 1.54) is 0 Å². The molecule has 0 aromatic heterocycles. The summed E-state index contributed by atoms with van der Waals surface area (Å²) in [7, 11) is 0. The minimum absolute atomic E-state index is 0.379. The molecule has 0 aliphatic carbocycles. The summed E-state index contributed by atoms with van der Waals surface area (Å²) >= 11 is 0. The summed E-state index contributed by atoms with van der Waals surface area (Å²) < 4.78 is 5.22. The van der Waals surface area contributed by atoms with Gasteiger partial charge < -0.3 is 4.74 Å². The highest BCUT2D eigenvalue weighted by atomic mass is 16.5. The zero-order valence-corrected chi connectivity index (χ0v) is 7.57. The molecular formula is C11H12O2. The SMILES string of the molecule is C/C=C(\C=O)OCc1ccccc1. The van der Waals surface area contributed by atoms with E-state index < -0.39 is 0 Å². The summed E-state index contributed by atoms with van der Waals surface area (Å²) in [4.78, 5) is 10.4. The van der Waals surface area contributed by atoms with Crippen LogP contribution in [0.15, 0.2) is 42.2 Å². The van der Waals surface area contributed by atoms with Gasteiger partial charge in [-0.25, -0.2) is 0 Å². The third kappa shape index (κ3) is 3.11.